The van der Waals surface area contributed by atoms with Crippen molar-refractivity contribution in [3.8, 4) is 5.75 Å². The smallest absolute Gasteiger partial charge is 0.253 e. The first-order valence-corrected chi connectivity index (χ1v) is 12.0. The second-order valence-electron chi connectivity index (χ2n) is 6.90. The molecule has 9 nitrogen and oxygen atoms in total. The molecule has 2 aromatic carbocycles. The monoisotopic (exact) mass is 463 g/mol. The van der Waals surface area contributed by atoms with E-state index in [0.29, 0.717) is 43.3 Å². The Balaban J connectivity index is 2.16. The summed E-state index contributed by atoms with van der Waals surface area (Å²) < 4.78 is 36.1. The highest BCUT2D eigenvalue weighted by Crippen LogP contribution is 2.23. The first-order chi connectivity index (χ1) is 15.3. The Hall–Kier alpha value is -3.11. The molecule has 2 aromatic rings. The fourth-order valence-corrected chi connectivity index (χ4v) is 3.77. The molecule has 32 heavy (non-hydrogen) atoms. The quantitative estimate of drug-likeness (QED) is 0.467. The van der Waals surface area contributed by atoms with Gasteiger partial charge in [-0.15, -0.1) is 0 Å². The van der Waals surface area contributed by atoms with Crippen LogP contribution in [0.2, 0.25) is 0 Å². The van der Waals surface area contributed by atoms with E-state index in [0.717, 1.165) is 10.6 Å². The van der Waals surface area contributed by atoms with Gasteiger partial charge in [-0.05, 0) is 37.6 Å². The van der Waals surface area contributed by atoms with Crippen molar-refractivity contribution in [1.82, 2.24) is 5.32 Å². The van der Waals surface area contributed by atoms with Crippen LogP contribution in [0.1, 0.15) is 23.7 Å². The van der Waals surface area contributed by atoms with Gasteiger partial charge in [0.15, 0.2) is 0 Å². The summed E-state index contributed by atoms with van der Waals surface area (Å²) in [4.78, 5) is 25.2. The Morgan fingerprint density at radius 2 is 1.84 bits per heavy atom. The molecule has 0 aliphatic heterocycles. The van der Waals surface area contributed by atoms with Gasteiger partial charge in [-0.2, -0.15) is 0 Å². The van der Waals surface area contributed by atoms with Crippen LogP contribution in [0.15, 0.2) is 48.5 Å². The minimum Gasteiger partial charge on any atom is -0.494 e. The lowest BCUT2D eigenvalue weighted by Gasteiger charge is -2.22. The molecule has 2 N–H and O–H groups in total. The Labute approximate surface area is 188 Å². The average molecular weight is 464 g/mol. The van der Waals surface area contributed by atoms with Crippen LogP contribution in [-0.4, -0.2) is 59.9 Å². The molecule has 0 aliphatic rings. The summed E-state index contributed by atoms with van der Waals surface area (Å²) in [6.45, 7) is 2.72. The van der Waals surface area contributed by atoms with Crippen molar-refractivity contribution in [2.24, 2.45) is 0 Å². The summed E-state index contributed by atoms with van der Waals surface area (Å²) in [6.07, 6.45) is 1.68. The molecule has 0 spiro atoms. The van der Waals surface area contributed by atoms with E-state index in [1.807, 2.05) is 6.92 Å². The molecule has 0 radical (unpaired) electrons. The highest BCUT2D eigenvalue weighted by Gasteiger charge is 2.22. The molecule has 0 aliphatic carbocycles. The highest BCUT2D eigenvalue weighted by atomic mass is 32.2. The van der Waals surface area contributed by atoms with E-state index in [2.05, 4.69) is 10.6 Å². The molecule has 0 bridgehead atoms. The third-order valence-corrected chi connectivity index (χ3v) is 5.50. The Bertz CT molecular complexity index is 1030. The molecule has 0 atom stereocenters. The molecule has 174 valence electrons. The first-order valence-electron chi connectivity index (χ1n) is 10.1. The number of nitrogens with zero attached hydrogens (tertiary/aromatic N) is 1. The lowest BCUT2D eigenvalue weighted by Crippen LogP contribution is -2.37. The van der Waals surface area contributed by atoms with Gasteiger partial charge in [0.25, 0.3) is 5.91 Å². The molecule has 0 saturated carbocycles. The van der Waals surface area contributed by atoms with E-state index in [1.165, 1.54) is 0 Å². The number of amides is 2. The molecule has 0 unspecified atom stereocenters. The van der Waals surface area contributed by atoms with E-state index in [-0.39, 0.29) is 11.5 Å². The number of para-hydroxylation sites is 1. The van der Waals surface area contributed by atoms with E-state index in [1.54, 1.807) is 55.6 Å². The Kier molecular flexibility index (Phi) is 9.48. The van der Waals surface area contributed by atoms with Crippen molar-refractivity contribution < 1.29 is 27.5 Å². The van der Waals surface area contributed by atoms with E-state index in [9.17, 15) is 18.0 Å². The number of carbonyl (C=O) groups is 2. The number of carbonyl (C=O) groups excluding carboxylic acids is 2. The van der Waals surface area contributed by atoms with Crippen molar-refractivity contribution >= 4 is 33.2 Å². The first kappa shape index (κ1) is 25.2. The van der Waals surface area contributed by atoms with Gasteiger partial charge < -0.3 is 20.1 Å². The summed E-state index contributed by atoms with van der Waals surface area (Å²) >= 11 is 0. The summed E-state index contributed by atoms with van der Waals surface area (Å²) in [5.74, 6) is -0.437. The van der Waals surface area contributed by atoms with Gasteiger partial charge in [0.1, 0.15) is 12.3 Å². The van der Waals surface area contributed by atoms with Crippen LogP contribution in [0, 0.1) is 0 Å². The van der Waals surface area contributed by atoms with Gasteiger partial charge in [-0.25, -0.2) is 8.42 Å². The van der Waals surface area contributed by atoms with Crippen molar-refractivity contribution in [3.63, 3.8) is 0 Å². The fraction of sp³-hybridized carbons (Fsp3) is 0.364. The Morgan fingerprint density at radius 1 is 1.09 bits per heavy atom. The Morgan fingerprint density at radius 3 is 2.53 bits per heavy atom. The third-order valence-electron chi connectivity index (χ3n) is 4.36. The molecule has 0 aromatic heterocycles. The van der Waals surface area contributed by atoms with Crippen LogP contribution < -0.4 is 19.7 Å². The second-order valence-corrected chi connectivity index (χ2v) is 8.80. The lowest BCUT2D eigenvalue weighted by molar-refractivity contribution is -0.114. The largest absolute Gasteiger partial charge is 0.494 e. The van der Waals surface area contributed by atoms with E-state index >= 15 is 0 Å². The topological polar surface area (TPSA) is 114 Å². The number of nitrogens with one attached hydrogen (secondary N) is 2. The molecular formula is C22H29N3O6S. The predicted molar refractivity (Wildman–Crippen MR) is 124 cm³/mol. The molecule has 2 rings (SSSR count). The van der Waals surface area contributed by atoms with Gasteiger partial charge in [0, 0.05) is 26.3 Å². The molecule has 2 amide bonds. The number of benzene rings is 2. The number of hydrogen-bond donors (Lipinski definition) is 2. The summed E-state index contributed by atoms with van der Waals surface area (Å²) in [6, 6.07) is 13.0. The number of rotatable bonds is 12. The normalized spacial score (nSPS) is 11.0. The molecular weight excluding hydrogens is 434 g/mol. The van der Waals surface area contributed by atoms with Gasteiger partial charge in [0.05, 0.1) is 29.8 Å². The second kappa shape index (κ2) is 12.1. The maximum Gasteiger partial charge on any atom is 0.253 e. The maximum atomic E-state index is 12.7. The van der Waals surface area contributed by atoms with Crippen LogP contribution >= 0.6 is 0 Å². The third kappa shape index (κ3) is 7.54. The number of anilines is 2. The minimum atomic E-state index is -3.76. The zero-order valence-electron chi connectivity index (χ0n) is 18.5. The van der Waals surface area contributed by atoms with Crippen LogP contribution in [0.5, 0.6) is 5.75 Å². The van der Waals surface area contributed by atoms with E-state index in [4.69, 9.17) is 9.47 Å². The molecule has 0 heterocycles. The number of methoxy groups -OCH3 is 1. The number of sulfonamides is 1. The van der Waals surface area contributed by atoms with E-state index < -0.39 is 22.5 Å². The standard InChI is InChI=1S/C22H29N3O6S/c1-4-31-18-10-7-9-17(15-18)25(32(3,28)29)16-21(26)24-20-12-6-5-11-19(20)22(27)23-13-8-14-30-2/h5-7,9-12,15H,4,8,13-14,16H2,1-3H3,(H,23,27)(H,24,26). The predicted octanol–water partition coefficient (Wildman–Crippen LogP) is 2.26. The maximum absolute atomic E-state index is 12.7. The van der Waals surface area contributed by atoms with Gasteiger partial charge in [0.2, 0.25) is 15.9 Å². The van der Waals surface area contributed by atoms with Crippen LogP contribution in [0.25, 0.3) is 0 Å². The zero-order valence-corrected chi connectivity index (χ0v) is 19.3. The SMILES string of the molecule is CCOc1cccc(N(CC(=O)Nc2ccccc2C(=O)NCCCOC)S(C)(=O)=O)c1. The zero-order chi connectivity index (χ0) is 23.6. The van der Waals surface area contributed by atoms with Crippen molar-refractivity contribution in [2.75, 3.05) is 49.3 Å². The number of ether oxygens (including phenoxy) is 2. The molecule has 0 saturated heterocycles. The molecule has 10 heteroatoms. The fourth-order valence-electron chi connectivity index (χ4n) is 2.92. The summed E-state index contributed by atoms with van der Waals surface area (Å²) in [7, 11) is -2.17. The van der Waals surface area contributed by atoms with Crippen LogP contribution in [0.4, 0.5) is 11.4 Å². The average Bonchev–Trinajstić information content (AvgIpc) is 2.75. The van der Waals surface area contributed by atoms with Crippen molar-refractivity contribution in [2.45, 2.75) is 13.3 Å². The van der Waals surface area contributed by atoms with Crippen LogP contribution in [-0.2, 0) is 19.6 Å². The van der Waals surface area contributed by atoms with Gasteiger partial charge in [-0.3, -0.25) is 13.9 Å². The lowest BCUT2D eigenvalue weighted by atomic mass is 10.1. The van der Waals surface area contributed by atoms with Crippen molar-refractivity contribution in [1.29, 1.82) is 0 Å². The van der Waals surface area contributed by atoms with Crippen LogP contribution in [0.3, 0.4) is 0 Å². The van der Waals surface area contributed by atoms with Gasteiger partial charge >= 0.3 is 0 Å². The number of hydrogen-bond acceptors (Lipinski definition) is 6. The van der Waals surface area contributed by atoms with Gasteiger partial charge in [-0.1, -0.05) is 18.2 Å². The summed E-state index contributed by atoms with van der Waals surface area (Å²) in [5, 5.41) is 5.41. The summed E-state index contributed by atoms with van der Waals surface area (Å²) in [5.41, 5.74) is 0.874. The highest BCUT2D eigenvalue weighted by molar-refractivity contribution is 7.92. The molecule has 0 fully saturated rings. The minimum absolute atomic E-state index is 0.280. The van der Waals surface area contributed by atoms with Crippen molar-refractivity contribution in [3.05, 3.63) is 54.1 Å².